The van der Waals surface area contributed by atoms with Crippen LogP contribution in [0.4, 0.5) is 0 Å². The van der Waals surface area contributed by atoms with Gasteiger partial charge < -0.3 is 4.90 Å². The Morgan fingerprint density at radius 3 is 1.94 bits per heavy atom. The predicted octanol–water partition coefficient (Wildman–Crippen LogP) is 5.10. The van der Waals surface area contributed by atoms with Gasteiger partial charge in [0.2, 0.25) is 0 Å². The zero-order valence-corrected chi connectivity index (χ0v) is 13.2. The highest BCUT2D eigenvalue weighted by atomic mass is 15.2. The lowest BCUT2D eigenvalue weighted by atomic mass is 9.86. The van der Waals surface area contributed by atoms with E-state index in [1.165, 1.54) is 51.5 Å². The van der Waals surface area contributed by atoms with Crippen LogP contribution in [0.3, 0.4) is 0 Å². The predicted molar refractivity (Wildman–Crippen MR) is 79.5 cm³/mol. The molecule has 0 amide bonds. The van der Waals surface area contributed by atoms with E-state index in [0.717, 1.165) is 5.92 Å². The zero-order chi connectivity index (χ0) is 13.3. The highest BCUT2D eigenvalue weighted by molar-refractivity contribution is 4.84. The monoisotopic (exact) mass is 241 g/mol. The quantitative estimate of drug-likeness (QED) is 0.481. The van der Waals surface area contributed by atoms with Gasteiger partial charge in [-0.05, 0) is 32.7 Å². The van der Waals surface area contributed by atoms with Crippen LogP contribution in [-0.4, -0.2) is 24.0 Å². The molecular formula is C16H35N. The molecule has 0 fully saturated rings. The lowest BCUT2D eigenvalue weighted by molar-refractivity contribution is 0.0970. The van der Waals surface area contributed by atoms with E-state index >= 15 is 0 Å². The van der Waals surface area contributed by atoms with Crippen LogP contribution in [0.1, 0.15) is 79.6 Å². The third-order valence-electron chi connectivity index (χ3n) is 3.95. The van der Waals surface area contributed by atoms with Gasteiger partial charge in [-0.3, -0.25) is 0 Å². The lowest BCUT2D eigenvalue weighted by Gasteiger charge is -2.40. The fourth-order valence-corrected chi connectivity index (χ4v) is 2.59. The molecule has 1 heteroatoms. The maximum atomic E-state index is 2.61. The van der Waals surface area contributed by atoms with E-state index in [1.54, 1.807) is 0 Å². The normalized spacial score (nSPS) is 15.5. The molecule has 0 saturated heterocycles. The van der Waals surface area contributed by atoms with E-state index in [2.05, 4.69) is 46.6 Å². The van der Waals surface area contributed by atoms with E-state index in [0.29, 0.717) is 5.54 Å². The largest absolute Gasteiger partial charge is 0.301 e. The topological polar surface area (TPSA) is 3.24 Å². The molecule has 0 N–H and O–H groups in total. The van der Waals surface area contributed by atoms with Crippen molar-refractivity contribution in [3.05, 3.63) is 0 Å². The number of rotatable bonds is 10. The Hall–Kier alpha value is -0.0400. The van der Waals surface area contributed by atoms with Gasteiger partial charge in [-0.15, -0.1) is 0 Å². The highest BCUT2D eigenvalue weighted by Gasteiger charge is 2.28. The number of nitrogens with zero attached hydrogens (tertiary/aromatic N) is 1. The standard InChI is InChI=1S/C16H35N/c1-7-9-11-13-16(5,12-10-8-2)17(6)14-15(3)4/h15H,7-14H2,1-6H3. The van der Waals surface area contributed by atoms with Gasteiger partial charge in [0.1, 0.15) is 0 Å². The number of hydrogen-bond donors (Lipinski definition) is 0. The molecule has 0 radical (unpaired) electrons. The molecule has 17 heavy (non-hydrogen) atoms. The smallest absolute Gasteiger partial charge is 0.0178 e. The van der Waals surface area contributed by atoms with Crippen LogP contribution in [0, 0.1) is 5.92 Å². The van der Waals surface area contributed by atoms with Gasteiger partial charge >= 0.3 is 0 Å². The van der Waals surface area contributed by atoms with Crippen molar-refractivity contribution >= 4 is 0 Å². The summed E-state index contributed by atoms with van der Waals surface area (Å²) in [5.41, 5.74) is 0.426. The summed E-state index contributed by atoms with van der Waals surface area (Å²) in [6.07, 6.45) is 9.51. The molecule has 1 atom stereocenters. The SMILES string of the molecule is CCCCCC(C)(CCCC)N(C)CC(C)C. The van der Waals surface area contributed by atoms with Crippen molar-refractivity contribution in [2.75, 3.05) is 13.6 Å². The maximum absolute atomic E-state index is 2.61. The molecule has 0 aromatic rings. The summed E-state index contributed by atoms with van der Waals surface area (Å²) in [5, 5.41) is 0. The van der Waals surface area contributed by atoms with Crippen molar-refractivity contribution < 1.29 is 0 Å². The lowest BCUT2D eigenvalue weighted by Crippen LogP contribution is -2.45. The summed E-state index contributed by atoms with van der Waals surface area (Å²) in [6, 6.07) is 0. The summed E-state index contributed by atoms with van der Waals surface area (Å²) in [6.45, 7) is 12.9. The summed E-state index contributed by atoms with van der Waals surface area (Å²) >= 11 is 0. The molecule has 0 spiro atoms. The Labute approximate surface area is 110 Å². The Morgan fingerprint density at radius 1 is 0.941 bits per heavy atom. The Kier molecular flexibility index (Phi) is 8.94. The third-order valence-corrected chi connectivity index (χ3v) is 3.95. The zero-order valence-electron chi connectivity index (χ0n) is 13.2. The first-order valence-corrected chi connectivity index (χ1v) is 7.67. The van der Waals surface area contributed by atoms with Crippen LogP contribution in [0.25, 0.3) is 0 Å². The van der Waals surface area contributed by atoms with Crippen molar-refractivity contribution in [2.24, 2.45) is 5.92 Å². The highest BCUT2D eigenvalue weighted by Crippen LogP contribution is 2.28. The summed E-state index contributed by atoms with van der Waals surface area (Å²) < 4.78 is 0. The van der Waals surface area contributed by atoms with E-state index in [4.69, 9.17) is 0 Å². The molecular weight excluding hydrogens is 206 g/mol. The van der Waals surface area contributed by atoms with Crippen molar-refractivity contribution in [3.63, 3.8) is 0 Å². The van der Waals surface area contributed by atoms with Gasteiger partial charge in [-0.25, -0.2) is 0 Å². The summed E-state index contributed by atoms with van der Waals surface area (Å²) in [7, 11) is 2.32. The second-order valence-electron chi connectivity index (χ2n) is 6.33. The maximum Gasteiger partial charge on any atom is 0.0178 e. The van der Waals surface area contributed by atoms with E-state index in [9.17, 15) is 0 Å². The van der Waals surface area contributed by atoms with Gasteiger partial charge in [0, 0.05) is 12.1 Å². The first kappa shape index (κ1) is 17.0. The number of hydrogen-bond acceptors (Lipinski definition) is 1. The van der Waals surface area contributed by atoms with Crippen LogP contribution in [0.15, 0.2) is 0 Å². The van der Waals surface area contributed by atoms with Crippen LogP contribution in [0.2, 0.25) is 0 Å². The molecule has 104 valence electrons. The van der Waals surface area contributed by atoms with Crippen LogP contribution >= 0.6 is 0 Å². The molecule has 0 aromatic carbocycles. The molecule has 0 aliphatic carbocycles. The average Bonchev–Trinajstić information content (AvgIpc) is 2.26. The van der Waals surface area contributed by atoms with Crippen LogP contribution < -0.4 is 0 Å². The van der Waals surface area contributed by atoms with E-state index in [-0.39, 0.29) is 0 Å². The molecule has 1 unspecified atom stereocenters. The second kappa shape index (κ2) is 8.97. The van der Waals surface area contributed by atoms with Gasteiger partial charge in [0.15, 0.2) is 0 Å². The Bertz CT molecular complexity index is 176. The molecule has 0 heterocycles. The molecule has 1 nitrogen and oxygen atoms in total. The first-order chi connectivity index (χ1) is 7.96. The van der Waals surface area contributed by atoms with Crippen molar-refractivity contribution in [3.8, 4) is 0 Å². The minimum atomic E-state index is 0.426. The van der Waals surface area contributed by atoms with Crippen molar-refractivity contribution in [2.45, 2.75) is 85.1 Å². The molecule has 0 rings (SSSR count). The first-order valence-electron chi connectivity index (χ1n) is 7.67. The van der Waals surface area contributed by atoms with Gasteiger partial charge in [0.25, 0.3) is 0 Å². The fraction of sp³-hybridized carbons (Fsp3) is 1.00. The van der Waals surface area contributed by atoms with Gasteiger partial charge in [0.05, 0.1) is 0 Å². The second-order valence-corrected chi connectivity index (χ2v) is 6.33. The summed E-state index contributed by atoms with van der Waals surface area (Å²) in [4.78, 5) is 2.61. The minimum Gasteiger partial charge on any atom is -0.301 e. The molecule has 0 saturated carbocycles. The molecule has 0 bridgehead atoms. The minimum absolute atomic E-state index is 0.426. The average molecular weight is 241 g/mol. The van der Waals surface area contributed by atoms with Crippen LogP contribution in [-0.2, 0) is 0 Å². The van der Waals surface area contributed by atoms with Gasteiger partial charge in [-0.1, -0.05) is 59.8 Å². The van der Waals surface area contributed by atoms with Gasteiger partial charge in [-0.2, -0.15) is 0 Å². The third kappa shape index (κ3) is 7.08. The van der Waals surface area contributed by atoms with Crippen molar-refractivity contribution in [1.29, 1.82) is 0 Å². The van der Waals surface area contributed by atoms with Crippen LogP contribution in [0.5, 0.6) is 0 Å². The number of unbranched alkanes of at least 4 members (excludes halogenated alkanes) is 3. The van der Waals surface area contributed by atoms with Crippen molar-refractivity contribution in [1.82, 2.24) is 4.90 Å². The molecule has 0 aromatic heterocycles. The Morgan fingerprint density at radius 2 is 1.47 bits per heavy atom. The summed E-state index contributed by atoms with van der Waals surface area (Å²) in [5.74, 6) is 0.770. The molecule has 0 aliphatic rings. The van der Waals surface area contributed by atoms with E-state index in [1.807, 2.05) is 0 Å². The Balaban J connectivity index is 4.35. The molecule has 0 aliphatic heterocycles. The van der Waals surface area contributed by atoms with E-state index < -0.39 is 0 Å². The fourth-order valence-electron chi connectivity index (χ4n) is 2.59.